The van der Waals surface area contributed by atoms with Crippen LogP contribution >= 0.6 is 0 Å². The third kappa shape index (κ3) is 2.26. The first-order chi connectivity index (χ1) is 7.93. The van der Waals surface area contributed by atoms with Crippen LogP contribution in [0.4, 0.5) is 0 Å². The van der Waals surface area contributed by atoms with Gasteiger partial charge >= 0.3 is 0 Å². The molecule has 2 fully saturated rings. The Morgan fingerprint density at radius 3 is 2.81 bits per heavy atom. The topological polar surface area (TPSA) is 42.7 Å². The van der Waals surface area contributed by atoms with E-state index in [2.05, 4.69) is 20.1 Å². The molecule has 0 unspecified atom stereocenters. The summed E-state index contributed by atoms with van der Waals surface area (Å²) in [4.78, 5) is 0. The van der Waals surface area contributed by atoms with Crippen LogP contribution in [0.25, 0.3) is 0 Å². The van der Waals surface area contributed by atoms with E-state index in [1.807, 2.05) is 6.33 Å². The number of nitrogens with one attached hydrogen (secondary N) is 1. The van der Waals surface area contributed by atoms with Gasteiger partial charge in [0.25, 0.3) is 0 Å². The van der Waals surface area contributed by atoms with Crippen LogP contribution < -0.4 is 5.32 Å². The monoisotopic (exact) mass is 220 g/mol. The Labute approximate surface area is 96.4 Å². The van der Waals surface area contributed by atoms with Gasteiger partial charge in [-0.1, -0.05) is 12.8 Å². The average molecular weight is 220 g/mol. The predicted molar refractivity (Wildman–Crippen MR) is 62.3 cm³/mol. The molecule has 2 saturated carbocycles. The molecular formula is C12H20N4. The second kappa shape index (κ2) is 4.53. The van der Waals surface area contributed by atoms with Crippen molar-refractivity contribution in [3.63, 3.8) is 0 Å². The molecule has 3 rings (SSSR count). The van der Waals surface area contributed by atoms with Gasteiger partial charge in [0.15, 0.2) is 0 Å². The third-order valence-corrected chi connectivity index (χ3v) is 3.72. The summed E-state index contributed by atoms with van der Waals surface area (Å²) < 4.78 is 2.31. The van der Waals surface area contributed by atoms with Crippen molar-refractivity contribution < 1.29 is 0 Å². The molecule has 4 nitrogen and oxygen atoms in total. The van der Waals surface area contributed by atoms with Crippen molar-refractivity contribution in [3.8, 4) is 0 Å². The van der Waals surface area contributed by atoms with Crippen molar-refractivity contribution in [1.82, 2.24) is 20.1 Å². The van der Waals surface area contributed by atoms with Crippen LogP contribution in [0.5, 0.6) is 0 Å². The smallest absolute Gasteiger partial charge is 0.134 e. The van der Waals surface area contributed by atoms with Gasteiger partial charge in [-0.2, -0.15) is 0 Å². The molecule has 1 heterocycles. The molecule has 1 aromatic heterocycles. The van der Waals surface area contributed by atoms with Gasteiger partial charge in [-0.05, 0) is 25.7 Å². The number of aromatic nitrogens is 3. The number of rotatable bonds is 5. The molecule has 1 N–H and O–H groups in total. The fraction of sp³-hybridized carbons (Fsp3) is 0.833. The highest BCUT2D eigenvalue weighted by molar-refractivity contribution is 4.93. The van der Waals surface area contributed by atoms with E-state index in [1.54, 1.807) is 0 Å². The maximum absolute atomic E-state index is 4.25. The Bertz CT molecular complexity index is 337. The summed E-state index contributed by atoms with van der Waals surface area (Å²) in [7, 11) is 0. The largest absolute Gasteiger partial charge is 0.314 e. The molecule has 0 spiro atoms. The molecule has 88 valence electrons. The summed E-state index contributed by atoms with van der Waals surface area (Å²) in [5.41, 5.74) is 0. The van der Waals surface area contributed by atoms with Crippen LogP contribution in [0.2, 0.25) is 0 Å². The summed E-state index contributed by atoms with van der Waals surface area (Å²) in [6.07, 6.45) is 11.0. The van der Waals surface area contributed by atoms with Gasteiger partial charge in [0.05, 0.1) is 0 Å². The summed E-state index contributed by atoms with van der Waals surface area (Å²) in [5.74, 6) is 1.17. The molecule has 0 saturated heterocycles. The minimum Gasteiger partial charge on any atom is -0.314 e. The van der Waals surface area contributed by atoms with Gasteiger partial charge in [0.2, 0.25) is 0 Å². The highest BCUT2D eigenvalue weighted by atomic mass is 15.3. The molecule has 0 amide bonds. The summed E-state index contributed by atoms with van der Waals surface area (Å²) >= 11 is 0. The summed E-state index contributed by atoms with van der Waals surface area (Å²) in [6.45, 7) is 1.05. The molecule has 2 aliphatic rings. The van der Waals surface area contributed by atoms with Crippen LogP contribution in [0.1, 0.15) is 50.4 Å². The van der Waals surface area contributed by atoms with Crippen molar-refractivity contribution in [2.45, 2.75) is 57.0 Å². The Balaban J connectivity index is 1.57. The van der Waals surface area contributed by atoms with E-state index in [0.29, 0.717) is 6.04 Å². The maximum atomic E-state index is 4.25. The first-order valence-electron chi connectivity index (χ1n) is 6.55. The fourth-order valence-corrected chi connectivity index (χ4v) is 2.61. The SMILES string of the molecule is c1nnc(CCNC2CC2)n1C1CCCC1. The van der Waals surface area contributed by atoms with Gasteiger partial charge in [-0.25, -0.2) is 0 Å². The Hall–Kier alpha value is -0.900. The van der Waals surface area contributed by atoms with Crippen molar-refractivity contribution in [3.05, 3.63) is 12.2 Å². The Kier molecular flexibility index (Phi) is 2.91. The number of nitrogens with zero attached hydrogens (tertiary/aromatic N) is 3. The second-order valence-corrected chi connectivity index (χ2v) is 5.07. The van der Waals surface area contributed by atoms with Gasteiger partial charge < -0.3 is 9.88 Å². The molecule has 0 aromatic carbocycles. The van der Waals surface area contributed by atoms with Gasteiger partial charge in [-0.3, -0.25) is 0 Å². The minimum absolute atomic E-state index is 0.672. The van der Waals surface area contributed by atoms with E-state index in [1.165, 1.54) is 44.3 Å². The molecule has 1 aromatic rings. The first kappa shape index (κ1) is 10.3. The molecule has 0 atom stereocenters. The Morgan fingerprint density at radius 1 is 1.25 bits per heavy atom. The number of hydrogen-bond acceptors (Lipinski definition) is 3. The van der Waals surface area contributed by atoms with E-state index >= 15 is 0 Å². The lowest BCUT2D eigenvalue weighted by atomic mass is 10.2. The van der Waals surface area contributed by atoms with E-state index in [-0.39, 0.29) is 0 Å². The van der Waals surface area contributed by atoms with Crippen molar-refractivity contribution in [2.75, 3.05) is 6.54 Å². The molecule has 16 heavy (non-hydrogen) atoms. The van der Waals surface area contributed by atoms with Crippen LogP contribution in [0, 0.1) is 0 Å². The van der Waals surface area contributed by atoms with Crippen LogP contribution in [-0.2, 0) is 6.42 Å². The highest BCUT2D eigenvalue weighted by Crippen LogP contribution is 2.29. The zero-order chi connectivity index (χ0) is 10.8. The van der Waals surface area contributed by atoms with Gasteiger partial charge in [0.1, 0.15) is 12.2 Å². The highest BCUT2D eigenvalue weighted by Gasteiger charge is 2.22. The van der Waals surface area contributed by atoms with Crippen molar-refractivity contribution in [1.29, 1.82) is 0 Å². The lowest BCUT2D eigenvalue weighted by molar-refractivity contribution is 0.491. The van der Waals surface area contributed by atoms with Crippen LogP contribution in [0.3, 0.4) is 0 Å². The summed E-state index contributed by atoms with van der Waals surface area (Å²) in [6, 6.07) is 1.47. The quantitative estimate of drug-likeness (QED) is 0.821. The van der Waals surface area contributed by atoms with Crippen molar-refractivity contribution >= 4 is 0 Å². The second-order valence-electron chi connectivity index (χ2n) is 5.07. The molecule has 2 aliphatic carbocycles. The normalized spacial score (nSPS) is 21.8. The zero-order valence-electron chi connectivity index (χ0n) is 9.73. The third-order valence-electron chi connectivity index (χ3n) is 3.72. The van der Waals surface area contributed by atoms with Crippen molar-refractivity contribution in [2.24, 2.45) is 0 Å². The molecule has 0 aliphatic heterocycles. The van der Waals surface area contributed by atoms with E-state index in [4.69, 9.17) is 0 Å². The zero-order valence-corrected chi connectivity index (χ0v) is 9.73. The molecular weight excluding hydrogens is 200 g/mol. The van der Waals surface area contributed by atoms with Gasteiger partial charge in [-0.15, -0.1) is 10.2 Å². The predicted octanol–water partition coefficient (Wildman–Crippen LogP) is 1.69. The minimum atomic E-state index is 0.672. The average Bonchev–Trinajstić information content (AvgIpc) is 2.82. The lowest BCUT2D eigenvalue weighted by Gasteiger charge is -2.13. The van der Waals surface area contributed by atoms with E-state index in [9.17, 15) is 0 Å². The number of hydrogen-bond donors (Lipinski definition) is 1. The fourth-order valence-electron chi connectivity index (χ4n) is 2.61. The molecule has 4 heteroatoms. The van der Waals surface area contributed by atoms with Gasteiger partial charge in [0, 0.05) is 25.0 Å². The van der Waals surface area contributed by atoms with E-state index in [0.717, 1.165) is 19.0 Å². The molecule has 0 bridgehead atoms. The summed E-state index contributed by atoms with van der Waals surface area (Å²) in [5, 5.41) is 11.8. The van der Waals surface area contributed by atoms with E-state index < -0.39 is 0 Å². The van der Waals surface area contributed by atoms with Crippen LogP contribution in [0.15, 0.2) is 6.33 Å². The Morgan fingerprint density at radius 2 is 2.06 bits per heavy atom. The lowest BCUT2D eigenvalue weighted by Crippen LogP contribution is -2.21. The van der Waals surface area contributed by atoms with Crippen LogP contribution in [-0.4, -0.2) is 27.4 Å². The maximum Gasteiger partial charge on any atom is 0.134 e. The first-order valence-corrected chi connectivity index (χ1v) is 6.55. The molecule has 0 radical (unpaired) electrons. The standard InChI is InChI=1S/C12H20N4/c1-2-4-11(3-1)16-9-14-15-12(16)7-8-13-10-5-6-10/h9-11,13H,1-8H2.